The highest BCUT2D eigenvalue weighted by Crippen LogP contribution is 2.17. The second-order valence-electron chi connectivity index (χ2n) is 6.21. The first kappa shape index (κ1) is 20.8. The average Bonchev–Trinajstić information content (AvgIpc) is 2.62. The van der Waals surface area contributed by atoms with Gasteiger partial charge in [-0.2, -0.15) is 5.26 Å². The Morgan fingerprint density at radius 1 is 1.08 bits per heavy atom. The average molecular weight is 342 g/mol. The number of hydrogen-bond donors (Lipinski definition) is 1. The first-order valence-electron chi connectivity index (χ1n) is 8.52. The minimum Gasteiger partial charge on any atom is -0.392 e. The number of rotatable bonds is 6. The fourth-order valence-electron chi connectivity index (χ4n) is 2.31. The molecule has 3 nitrogen and oxygen atoms in total. The molecule has 0 aliphatic heterocycles. The van der Waals surface area contributed by atoms with Crippen molar-refractivity contribution in [3.63, 3.8) is 0 Å². The first-order valence-corrected chi connectivity index (χ1v) is 8.52. The van der Waals surface area contributed by atoms with Gasteiger partial charge in [0.2, 0.25) is 0 Å². The number of aliphatic hydroxyl groups is 1. The molecule has 0 fully saturated rings. The van der Waals surface area contributed by atoms with Gasteiger partial charge in [0.25, 0.3) is 0 Å². The molecule has 25 heavy (non-hydrogen) atoms. The molecule has 0 atom stereocenters. The Morgan fingerprint density at radius 2 is 1.76 bits per heavy atom. The van der Waals surface area contributed by atoms with Gasteiger partial charge in [-0.3, -0.25) is 0 Å². The second kappa shape index (κ2) is 11.4. The van der Waals surface area contributed by atoms with Crippen molar-refractivity contribution < 1.29 is 9.50 Å². The van der Waals surface area contributed by atoms with Gasteiger partial charge in [0.1, 0.15) is 5.82 Å². The molecule has 2 aromatic carbocycles. The summed E-state index contributed by atoms with van der Waals surface area (Å²) in [4.78, 5) is 2.21. The molecule has 0 aliphatic rings. The predicted molar refractivity (Wildman–Crippen MR) is 99.7 cm³/mol. The van der Waals surface area contributed by atoms with Crippen molar-refractivity contribution in [1.82, 2.24) is 4.90 Å². The van der Waals surface area contributed by atoms with Crippen molar-refractivity contribution in [2.75, 3.05) is 20.6 Å². The standard InChI is InChI=1S/C15H12FNO.C6H15N/c16-15-5-2-11(3-6-15)7-13-4-1-12(9-17)8-14(13)10-18;1-4-5-6-7(2)3/h1-6,8,18H,7,10H2;4-6H2,1-3H3. The number of aliphatic hydroxyl groups excluding tert-OH is 1. The summed E-state index contributed by atoms with van der Waals surface area (Å²) in [5.74, 6) is -0.263. The maximum Gasteiger partial charge on any atom is 0.123 e. The highest BCUT2D eigenvalue weighted by atomic mass is 19.1. The van der Waals surface area contributed by atoms with Gasteiger partial charge in [0.05, 0.1) is 18.2 Å². The maximum absolute atomic E-state index is 12.8. The Labute approximate surface area is 150 Å². The Morgan fingerprint density at radius 3 is 2.24 bits per heavy atom. The van der Waals surface area contributed by atoms with Gasteiger partial charge in [-0.1, -0.05) is 31.5 Å². The zero-order chi connectivity index (χ0) is 18.7. The molecule has 0 radical (unpaired) electrons. The summed E-state index contributed by atoms with van der Waals surface area (Å²) >= 11 is 0. The van der Waals surface area contributed by atoms with E-state index < -0.39 is 0 Å². The SMILES string of the molecule is CCCCN(C)C.N#Cc1ccc(Cc2ccc(F)cc2)c(CO)c1. The van der Waals surface area contributed by atoms with Crippen LogP contribution >= 0.6 is 0 Å². The van der Waals surface area contributed by atoms with E-state index in [4.69, 9.17) is 5.26 Å². The van der Waals surface area contributed by atoms with Crippen LogP contribution in [0.1, 0.15) is 42.0 Å². The lowest BCUT2D eigenvalue weighted by Gasteiger charge is -2.08. The van der Waals surface area contributed by atoms with E-state index in [0.717, 1.165) is 16.7 Å². The van der Waals surface area contributed by atoms with Crippen molar-refractivity contribution in [1.29, 1.82) is 5.26 Å². The third-order valence-corrected chi connectivity index (χ3v) is 3.77. The van der Waals surface area contributed by atoms with E-state index in [0.29, 0.717) is 12.0 Å². The van der Waals surface area contributed by atoms with Crippen molar-refractivity contribution in [2.24, 2.45) is 0 Å². The molecule has 0 saturated carbocycles. The number of nitrogens with zero attached hydrogens (tertiary/aromatic N) is 2. The van der Waals surface area contributed by atoms with Crippen LogP contribution in [0, 0.1) is 17.1 Å². The van der Waals surface area contributed by atoms with Crippen LogP contribution in [0.4, 0.5) is 4.39 Å². The summed E-state index contributed by atoms with van der Waals surface area (Å²) in [6.45, 7) is 3.34. The number of benzene rings is 2. The molecular weight excluding hydrogens is 315 g/mol. The smallest absolute Gasteiger partial charge is 0.123 e. The number of nitriles is 1. The van der Waals surface area contributed by atoms with Gasteiger partial charge in [-0.25, -0.2) is 4.39 Å². The molecule has 134 valence electrons. The monoisotopic (exact) mass is 342 g/mol. The molecule has 0 bridgehead atoms. The molecule has 0 amide bonds. The number of unbranched alkanes of at least 4 members (excludes halogenated alkanes) is 1. The van der Waals surface area contributed by atoms with Gasteiger partial charge in [0.15, 0.2) is 0 Å². The third kappa shape index (κ3) is 7.93. The van der Waals surface area contributed by atoms with Crippen LogP contribution in [0.25, 0.3) is 0 Å². The number of halogens is 1. The van der Waals surface area contributed by atoms with Gasteiger partial charge >= 0.3 is 0 Å². The Balaban J connectivity index is 0.000000381. The molecule has 0 aromatic heterocycles. The van der Waals surface area contributed by atoms with Crippen LogP contribution < -0.4 is 0 Å². The van der Waals surface area contributed by atoms with Crippen LogP contribution in [0.15, 0.2) is 42.5 Å². The van der Waals surface area contributed by atoms with Gasteiger partial charge in [-0.05, 0) is 74.4 Å². The normalized spacial score (nSPS) is 10.1. The topological polar surface area (TPSA) is 47.3 Å². The Kier molecular flexibility index (Phi) is 9.46. The zero-order valence-corrected chi connectivity index (χ0v) is 15.3. The zero-order valence-electron chi connectivity index (χ0n) is 15.3. The summed E-state index contributed by atoms with van der Waals surface area (Å²) in [6.07, 6.45) is 3.24. The summed E-state index contributed by atoms with van der Waals surface area (Å²) in [6, 6.07) is 13.5. The van der Waals surface area contributed by atoms with E-state index in [9.17, 15) is 9.50 Å². The predicted octanol–water partition coefficient (Wildman–Crippen LogP) is 4.13. The van der Waals surface area contributed by atoms with Crippen molar-refractivity contribution >= 4 is 0 Å². The molecule has 0 aliphatic carbocycles. The van der Waals surface area contributed by atoms with Crippen LogP contribution in [0.3, 0.4) is 0 Å². The second-order valence-corrected chi connectivity index (χ2v) is 6.21. The van der Waals surface area contributed by atoms with Crippen LogP contribution in [-0.2, 0) is 13.0 Å². The Hall–Kier alpha value is -2.22. The van der Waals surface area contributed by atoms with Gasteiger partial charge in [-0.15, -0.1) is 0 Å². The van der Waals surface area contributed by atoms with Crippen molar-refractivity contribution in [2.45, 2.75) is 32.8 Å². The molecule has 0 unspecified atom stereocenters. The van der Waals surface area contributed by atoms with E-state index >= 15 is 0 Å². The highest BCUT2D eigenvalue weighted by molar-refractivity contribution is 5.40. The van der Waals surface area contributed by atoms with E-state index in [1.807, 2.05) is 12.1 Å². The van der Waals surface area contributed by atoms with Crippen molar-refractivity contribution in [3.8, 4) is 6.07 Å². The molecule has 0 heterocycles. The molecule has 2 rings (SSSR count). The van der Waals surface area contributed by atoms with Crippen LogP contribution in [-0.4, -0.2) is 30.6 Å². The minimum absolute atomic E-state index is 0.105. The molecular formula is C21H27FN2O. The summed E-state index contributed by atoms with van der Waals surface area (Å²) in [5, 5.41) is 18.1. The number of hydrogen-bond acceptors (Lipinski definition) is 3. The molecule has 0 spiro atoms. The van der Waals surface area contributed by atoms with E-state index in [1.165, 1.54) is 31.5 Å². The lowest BCUT2D eigenvalue weighted by molar-refractivity contribution is 0.281. The summed E-state index contributed by atoms with van der Waals surface area (Å²) in [7, 11) is 4.21. The van der Waals surface area contributed by atoms with Gasteiger partial charge in [0, 0.05) is 0 Å². The van der Waals surface area contributed by atoms with E-state index in [-0.39, 0.29) is 12.4 Å². The molecule has 4 heteroatoms. The molecule has 1 N–H and O–H groups in total. The summed E-state index contributed by atoms with van der Waals surface area (Å²) < 4.78 is 12.8. The lowest BCUT2D eigenvalue weighted by Crippen LogP contribution is -2.12. The fourth-order valence-corrected chi connectivity index (χ4v) is 2.31. The largest absolute Gasteiger partial charge is 0.392 e. The van der Waals surface area contributed by atoms with E-state index in [1.54, 1.807) is 24.3 Å². The van der Waals surface area contributed by atoms with E-state index in [2.05, 4.69) is 25.9 Å². The maximum atomic E-state index is 12.8. The van der Waals surface area contributed by atoms with Crippen molar-refractivity contribution in [3.05, 3.63) is 70.5 Å². The quantitative estimate of drug-likeness (QED) is 0.859. The lowest BCUT2D eigenvalue weighted by atomic mass is 9.98. The molecule has 2 aromatic rings. The highest BCUT2D eigenvalue weighted by Gasteiger charge is 2.04. The minimum atomic E-state index is -0.263. The summed E-state index contributed by atoms with van der Waals surface area (Å²) in [5.41, 5.74) is 3.18. The van der Waals surface area contributed by atoms with Crippen LogP contribution in [0.2, 0.25) is 0 Å². The first-order chi connectivity index (χ1) is 12.0. The third-order valence-electron chi connectivity index (χ3n) is 3.77. The van der Waals surface area contributed by atoms with Gasteiger partial charge < -0.3 is 10.0 Å². The van der Waals surface area contributed by atoms with Crippen LogP contribution in [0.5, 0.6) is 0 Å². The fraction of sp³-hybridized carbons (Fsp3) is 0.381. The Bertz CT molecular complexity index is 675. The molecule has 0 saturated heterocycles.